The van der Waals surface area contributed by atoms with Gasteiger partial charge in [-0.1, -0.05) is 18.2 Å². The molecular formula is C27H31N7O2. The first-order chi connectivity index (χ1) is 17.7. The molecule has 0 aliphatic carbocycles. The minimum Gasteiger partial charge on any atom is -0.377 e. The number of imidazole rings is 1. The number of morpholine rings is 2. The molecule has 0 amide bonds. The number of nitrogens with zero attached hydrogens (tertiary/aromatic N) is 7. The Morgan fingerprint density at radius 1 is 0.917 bits per heavy atom. The van der Waals surface area contributed by atoms with Crippen LogP contribution in [0.15, 0.2) is 55.1 Å². The Morgan fingerprint density at radius 2 is 1.72 bits per heavy atom. The maximum Gasteiger partial charge on any atom is 0.229 e. The maximum absolute atomic E-state index is 5.70. The quantitative estimate of drug-likeness (QED) is 0.426. The van der Waals surface area contributed by atoms with E-state index in [9.17, 15) is 0 Å². The van der Waals surface area contributed by atoms with Gasteiger partial charge in [-0.25, -0.2) is 9.97 Å². The highest BCUT2D eigenvalue weighted by Crippen LogP contribution is 2.31. The van der Waals surface area contributed by atoms with Crippen molar-refractivity contribution in [2.45, 2.75) is 32.5 Å². The normalized spacial score (nSPS) is 20.7. The van der Waals surface area contributed by atoms with E-state index in [2.05, 4.69) is 69.6 Å². The smallest absolute Gasteiger partial charge is 0.229 e. The lowest BCUT2D eigenvalue weighted by Crippen LogP contribution is -2.46. The highest BCUT2D eigenvalue weighted by atomic mass is 16.5. The van der Waals surface area contributed by atoms with Crippen molar-refractivity contribution >= 4 is 22.8 Å². The summed E-state index contributed by atoms with van der Waals surface area (Å²) in [5.41, 5.74) is 3.87. The van der Waals surface area contributed by atoms with Gasteiger partial charge in [0.2, 0.25) is 5.95 Å². The number of hydrogen-bond acceptors (Lipinski definition) is 8. The first-order valence-electron chi connectivity index (χ1n) is 12.6. The minimum absolute atomic E-state index is 0.203. The third-order valence-electron chi connectivity index (χ3n) is 6.94. The molecule has 2 atom stereocenters. The largest absolute Gasteiger partial charge is 0.377 e. The predicted octanol–water partition coefficient (Wildman–Crippen LogP) is 3.39. The third kappa shape index (κ3) is 4.52. The molecule has 9 heteroatoms. The molecule has 0 N–H and O–H groups in total. The molecule has 186 valence electrons. The molecule has 2 aliphatic rings. The first-order valence-corrected chi connectivity index (χ1v) is 12.6. The number of anilines is 2. The van der Waals surface area contributed by atoms with Crippen LogP contribution in [0.4, 0.5) is 11.8 Å². The zero-order valence-electron chi connectivity index (χ0n) is 20.7. The second-order valence-electron chi connectivity index (χ2n) is 9.58. The van der Waals surface area contributed by atoms with Crippen molar-refractivity contribution in [3.05, 3.63) is 60.7 Å². The Morgan fingerprint density at radius 3 is 2.47 bits per heavy atom. The summed E-state index contributed by atoms with van der Waals surface area (Å²) < 4.78 is 13.4. The number of benzene rings is 1. The lowest BCUT2D eigenvalue weighted by molar-refractivity contribution is 0.0973. The Hall–Kier alpha value is -3.56. The van der Waals surface area contributed by atoms with Crippen LogP contribution < -0.4 is 9.80 Å². The Labute approximate surface area is 210 Å². The predicted molar refractivity (Wildman–Crippen MR) is 139 cm³/mol. The van der Waals surface area contributed by atoms with Crippen molar-refractivity contribution in [1.29, 1.82) is 0 Å². The van der Waals surface area contributed by atoms with Gasteiger partial charge >= 0.3 is 0 Å². The Balaban J connectivity index is 1.43. The summed E-state index contributed by atoms with van der Waals surface area (Å²) in [6.45, 7) is 9.37. The molecule has 0 radical (unpaired) electrons. The second-order valence-corrected chi connectivity index (χ2v) is 9.58. The standard InChI is InChI=1S/C27H31N7O2/c1-19-16-35-12-10-33(19)26-23-6-7-24(22-5-3-4-21(14-22)15-32-9-8-28-18-32)29-25(23)30-27(31-26)34-11-13-36-17-20(34)2/h3-9,14,18-20H,10-13,15-17H2,1-2H3/t19-,20-/m0/s1. The summed E-state index contributed by atoms with van der Waals surface area (Å²) in [6, 6.07) is 13.1. The number of ether oxygens (including phenoxy) is 2. The van der Waals surface area contributed by atoms with E-state index in [0.29, 0.717) is 38.0 Å². The molecule has 0 bridgehead atoms. The van der Waals surface area contributed by atoms with Crippen LogP contribution in [0, 0.1) is 0 Å². The van der Waals surface area contributed by atoms with Gasteiger partial charge in [-0.05, 0) is 37.6 Å². The van der Waals surface area contributed by atoms with Crippen LogP contribution >= 0.6 is 0 Å². The number of pyridine rings is 1. The van der Waals surface area contributed by atoms with E-state index in [0.717, 1.165) is 42.1 Å². The van der Waals surface area contributed by atoms with E-state index in [-0.39, 0.29) is 12.1 Å². The fourth-order valence-corrected chi connectivity index (χ4v) is 4.98. The van der Waals surface area contributed by atoms with Gasteiger partial charge in [0.05, 0.1) is 55.9 Å². The van der Waals surface area contributed by atoms with E-state index in [1.807, 2.05) is 12.5 Å². The van der Waals surface area contributed by atoms with Gasteiger partial charge in [0, 0.05) is 37.6 Å². The molecule has 3 aromatic heterocycles. The molecule has 1 aromatic carbocycles. The molecule has 2 aliphatic heterocycles. The number of aromatic nitrogens is 5. The van der Waals surface area contributed by atoms with Gasteiger partial charge in [-0.3, -0.25) is 0 Å². The fourth-order valence-electron chi connectivity index (χ4n) is 4.98. The van der Waals surface area contributed by atoms with Crippen LogP contribution in [-0.2, 0) is 16.0 Å². The average molecular weight is 486 g/mol. The molecule has 9 nitrogen and oxygen atoms in total. The van der Waals surface area contributed by atoms with Gasteiger partial charge in [-0.15, -0.1) is 0 Å². The van der Waals surface area contributed by atoms with Crippen molar-refractivity contribution in [3.63, 3.8) is 0 Å². The molecule has 2 fully saturated rings. The number of fused-ring (bicyclic) bond motifs is 1. The van der Waals surface area contributed by atoms with Crippen LogP contribution in [0.5, 0.6) is 0 Å². The van der Waals surface area contributed by atoms with Crippen molar-refractivity contribution in [1.82, 2.24) is 24.5 Å². The molecule has 5 heterocycles. The fraction of sp³-hybridized carbons (Fsp3) is 0.407. The summed E-state index contributed by atoms with van der Waals surface area (Å²) in [6.07, 6.45) is 5.61. The topological polar surface area (TPSA) is 81.4 Å². The molecule has 6 rings (SSSR count). The van der Waals surface area contributed by atoms with Gasteiger partial charge < -0.3 is 23.8 Å². The van der Waals surface area contributed by atoms with E-state index < -0.39 is 0 Å². The zero-order valence-corrected chi connectivity index (χ0v) is 20.7. The van der Waals surface area contributed by atoms with Crippen LogP contribution in [-0.4, -0.2) is 76.1 Å². The summed E-state index contributed by atoms with van der Waals surface area (Å²) in [5, 5.41) is 0.965. The van der Waals surface area contributed by atoms with Crippen molar-refractivity contribution in [3.8, 4) is 11.3 Å². The molecule has 4 aromatic rings. The second kappa shape index (κ2) is 9.83. The molecule has 2 saturated heterocycles. The maximum atomic E-state index is 5.70. The van der Waals surface area contributed by atoms with Crippen LogP contribution in [0.1, 0.15) is 19.4 Å². The van der Waals surface area contributed by atoms with Gasteiger partial charge in [0.15, 0.2) is 5.65 Å². The van der Waals surface area contributed by atoms with Gasteiger partial charge in [0.1, 0.15) is 5.82 Å². The summed E-state index contributed by atoms with van der Waals surface area (Å²) in [5.74, 6) is 1.64. The number of hydrogen-bond donors (Lipinski definition) is 0. The Bertz CT molecular complexity index is 1340. The van der Waals surface area contributed by atoms with Crippen molar-refractivity contribution in [2.24, 2.45) is 0 Å². The summed E-state index contributed by atoms with van der Waals surface area (Å²) >= 11 is 0. The van der Waals surface area contributed by atoms with Crippen molar-refractivity contribution in [2.75, 3.05) is 49.3 Å². The first kappa shape index (κ1) is 22.9. The average Bonchev–Trinajstić information content (AvgIpc) is 3.41. The molecule has 0 spiro atoms. The summed E-state index contributed by atoms with van der Waals surface area (Å²) in [7, 11) is 0. The molecule has 36 heavy (non-hydrogen) atoms. The van der Waals surface area contributed by atoms with Crippen LogP contribution in [0.25, 0.3) is 22.3 Å². The Kier molecular flexibility index (Phi) is 6.25. The summed E-state index contributed by atoms with van der Waals surface area (Å²) in [4.78, 5) is 23.8. The van der Waals surface area contributed by atoms with Crippen LogP contribution in [0.2, 0.25) is 0 Å². The molecular weight excluding hydrogens is 454 g/mol. The van der Waals surface area contributed by atoms with Gasteiger partial charge in [0.25, 0.3) is 0 Å². The van der Waals surface area contributed by atoms with E-state index in [1.165, 1.54) is 5.56 Å². The third-order valence-corrected chi connectivity index (χ3v) is 6.94. The van der Waals surface area contributed by atoms with Gasteiger partial charge in [-0.2, -0.15) is 9.97 Å². The van der Waals surface area contributed by atoms with E-state index >= 15 is 0 Å². The van der Waals surface area contributed by atoms with E-state index in [4.69, 9.17) is 24.4 Å². The molecule has 0 saturated carbocycles. The van der Waals surface area contributed by atoms with Crippen molar-refractivity contribution < 1.29 is 9.47 Å². The molecule has 0 unspecified atom stereocenters. The monoisotopic (exact) mass is 485 g/mol. The van der Waals surface area contributed by atoms with Crippen LogP contribution in [0.3, 0.4) is 0 Å². The minimum atomic E-state index is 0.203. The highest BCUT2D eigenvalue weighted by molar-refractivity contribution is 5.90. The lowest BCUT2D eigenvalue weighted by Gasteiger charge is -2.37. The number of rotatable bonds is 5. The SMILES string of the molecule is C[C@H]1COCCN1c1nc(N2CCOC[C@@H]2C)c2ccc(-c3cccc(Cn4ccnc4)c3)nc2n1. The lowest BCUT2D eigenvalue weighted by atomic mass is 10.1. The van der Waals surface area contributed by atoms with E-state index in [1.54, 1.807) is 6.20 Å². The zero-order chi connectivity index (χ0) is 24.5. The highest BCUT2D eigenvalue weighted by Gasteiger charge is 2.27.